The van der Waals surface area contributed by atoms with E-state index in [0.29, 0.717) is 0 Å². The van der Waals surface area contributed by atoms with Crippen molar-refractivity contribution < 1.29 is 18.0 Å². The number of benzene rings is 2. The maximum absolute atomic E-state index is 13.5. The van der Waals surface area contributed by atoms with E-state index < -0.39 is 28.5 Å². The lowest BCUT2D eigenvalue weighted by Crippen LogP contribution is -2.52. The summed E-state index contributed by atoms with van der Waals surface area (Å²) in [7, 11) is -3.90. The van der Waals surface area contributed by atoms with Gasteiger partial charge in [-0.15, -0.1) is 0 Å². The number of halogens is 3. The van der Waals surface area contributed by atoms with E-state index in [0.717, 1.165) is 27.0 Å². The van der Waals surface area contributed by atoms with Crippen molar-refractivity contribution in [2.24, 2.45) is 0 Å². The molecule has 2 amide bonds. The maximum atomic E-state index is 13.5. The van der Waals surface area contributed by atoms with Gasteiger partial charge in [0.15, 0.2) is 0 Å². The number of carbonyl (C=O) groups is 2. The lowest BCUT2D eigenvalue weighted by atomic mass is 10.1. The molecule has 186 valence electrons. The van der Waals surface area contributed by atoms with Crippen LogP contribution in [0.5, 0.6) is 0 Å². The number of anilines is 1. The first-order chi connectivity index (χ1) is 15.8. The molecule has 0 radical (unpaired) electrons. The Labute approximate surface area is 219 Å². The van der Waals surface area contributed by atoms with Crippen LogP contribution in [0.3, 0.4) is 0 Å². The molecule has 1 N–H and O–H groups in total. The summed E-state index contributed by atoms with van der Waals surface area (Å²) < 4.78 is 27.0. The predicted molar refractivity (Wildman–Crippen MR) is 141 cm³/mol. The monoisotopic (exact) mass is 591 g/mol. The Hall–Kier alpha value is -1.81. The average Bonchev–Trinajstić information content (AvgIpc) is 2.77. The van der Waals surface area contributed by atoms with Crippen LogP contribution in [-0.2, 0) is 26.2 Å². The van der Waals surface area contributed by atoms with Crippen molar-refractivity contribution in [1.82, 2.24) is 10.2 Å². The Balaban J connectivity index is 2.42. The Morgan fingerprint density at radius 2 is 1.71 bits per heavy atom. The molecule has 2 atom stereocenters. The number of nitrogens with zero attached hydrogens (tertiary/aromatic N) is 2. The first-order valence-electron chi connectivity index (χ1n) is 10.6. The number of hydrogen-bond acceptors (Lipinski definition) is 4. The minimum absolute atomic E-state index is 0.0180. The van der Waals surface area contributed by atoms with E-state index in [1.54, 1.807) is 13.0 Å². The van der Waals surface area contributed by atoms with Crippen LogP contribution in [0.25, 0.3) is 0 Å². The average molecular weight is 593 g/mol. The van der Waals surface area contributed by atoms with E-state index in [1.807, 2.05) is 38.1 Å². The minimum atomic E-state index is -3.90. The minimum Gasteiger partial charge on any atom is -0.352 e. The van der Waals surface area contributed by atoms with Crippen molar-refractivity contribution >= 4 is 66.7 Å². The van der Waals surface area contributed by atoms with Crippen molar-refractivity contribution in [2.75, 3.05) is 17.1 Å². The standard InChI is InChI=1S/C23H28BrCl2N3O4S/c1-5-15(2)27-23(31)16(3)28(13-17-9-11-18(24)12-10-17)21(30)14-29(34(4,32)33)20-8-6-7-19(25)22(20)26/h6-12,15-16H,5,13-14H2,1-4H3,(H,27,31)/t15-,16-/m1/s1. The third kappa shape index (κ3) is 7.60. The van der Waals surface area contributed by atoms with Gasteiger partial charge in [-0.25, -0.2) is 8.42 Å². The van der Waals surface area contributed by atoms with Crippen LogP contribution < -0.4 is 9.62 Å². The molecule has 7 nitrogen and oxygen atoms in total. The molecule has 0 aliphatic heterocycles. The third-order valence-electron chi connectivity index (χ3n) is 5.31. The van der Waals surface area contributed by atoms with Gasteiger partial charge < -0.3 is 10.2 Å². The van der Waals surface area contributed by atoms with Crippen LogP contribution in [0.4, 0.5) is 5.69 Å². The summed E-state index contributed by atoms with van der Waals surface area (Å²) in [6, 6.07) is 10.9. The first-order valence-corrected chi connectivity index (χ1v) is 14.0. The van der Waals surface area contributed by atoms with E-state index in [2.05, 4.69) is 21.2 Å². The van der Waals surface area contributed by atoms with Gasteiger partial charge in [0.1, 0.15) is 12.6 Å². The molecule has 0 aliphatic rings. The molecule has 0 spiro atoms. The molecule has 0 saturated carbocycles. The summed E-state index contributed by atoms with van der Waals surface area (Å²) in [5, 5.41) is 3.06. The van der Waals surface area contributed by atoms with Crippen LogP contribution in [0, 0.1) is 0 Å². The summed E-state index contributed by atoms with van der Waals surface area (Å²) in [5.74, 6) is -0.886. The smallest absolute Gasteiger partial charge is 0.244 e. The summed E-state index contributed by atoms with van der Waals surface area (Å²) in [6.07, 6.45) is 1.71. The second kappa shape index (κ2) is 12.2. The van der Waals surface area contributed by atoms with Crippen molar-refractivity contribution in [3.05, 3.63) is 62.5 Å². The van der Waals surface area contributed by atoms with E-state index in [-0.39, 0.29) is 34.2 Å². The van der Waals surface area contributed by atoms with E-state index >= 15 is 0 Å². The molecule has 0 unspecified atom stereocenters. The Bertz CT molecular complexity index is 1130. The lowest BCUT2D eigenvalue weighted by molar-refractivity contribution is -0.139. The lowest BCUT2D eigenvalue weighted by Gasteiger charge is -2.32. The molecule has 0 aromatic heterocycles. The summed E-state index contributed by atoms with van der Waals surface area (Å²) in [4.78, 5) is 27.7. The topological polar surface area (TPSA) is 86.8 Å². The second-order valence-electron chi connectivity index (χ2n) is 7.98. The zero-order valence-corrected chi connectivity index (χ0v) is 23.3. The van der Waals surface area contributed by atoms with Crippen LogP contribution >= 0.6 is 39.1 Å². The zero-order valence-electron chi connectivity index (χ0n) is 19.4. The van der Waals surface area contributed by atoms with Crippen molar-refractivity contribution in [1.29, 1.82) is 0 Å². The van der Waals surface area contributed by atoms with Gasteiger partial charge in [0, 0.05) is 17.1 Å². The molecule has 2 aromatic carbocycles. The highest BCUT2D eigenvalue weighted by Gasteiger charge is 2.31. The highest BCUT2D eigenvalue weighted by Crippen LogP contribution is 2.33. The first kappa shape index (κ1) is 28.4. The molecule has 2 aromatic rings. The van der Waals surface area contributed by atoms with Crippen molar-refractivity contribution in [3.63, 3.8) is 0 Å². The van der Waals surface area contributed by atoms with E-state index in [1.165, 1.54) is 17.0 Å². The molecule has 11 heteroatoms. The number of rotatable bonds is 10. The van der Waals surface area contributed by atoms with Gasteiger partial charge in [-0.3, -0.25) is 13.9 Å². The molecular weight excluding hydrogens is 565 g/mol. The van der Waals surface area contributed by atoms with Gasteiger partial charge in [0.05, 0.1) is 22.0 Å². The Morgan fingerprint density at radius 1 is 1.09 bits per heavy atom. The fourth-order valence-electron chi connectivity index (χ4n) is 3.11. The number of sulfonamides is 1. The van der Waals surface area contributed by atoms with Crippen LogP contribution in [0.15, 0.2) is 46.9 Å². The largest absolute Gasteiger partial charge is 0.352 e. The molecule has 0 fully saturated rings. The third-order valence-corrected chi connectivity index (χ3v) is 7.78. The van der Waals surface area contributed by atoms with Crippen molar-refractivity contribution in [3.8, 4) is 0 Å². The second-order valence-corrected chi connectivity index (χ2v) is 11.6. The predicted octanol–water partition coefficient (Wildman–Crippen LogP) is 4.85. The van der Waals surface area contributed by atoms with Crippen LogP contribution in [0.2, 0.25) is 10.0 Å². The molecule has 2 rings (SSSR count). The summed E-state index contributed by atoms with van der Waals surface area (Å²) >= 11 is 15.7. The summed E-state index contributed by atoms with van der Waals surface area (Å²) in [5.41, 5.74) is 0.872. The number of amides is 2. The van der Waals surface area contributed by atoms with Gasteiger partial charge in [0.25, 0.3) is 0 Å². The SMILES string of the molecule is CC[C@@H](C)NC(=O)[C@@H](C)N(Cc1ccc(Br)cc1)C(=O)CN(c1cccc(Cl)c1Cl)S(C)(=O)=O. The van der Waals surface area contributed by atoms with Crippen LogP contribution in [-0.4, -0.2) is 50.0 Å². The van der Waals surface area contributed by atoms with Gasteiger partial charge in [-0.1, -0.05) is 64.3 Å². The Morgan fingerprint density at radius 3 is 2.26 bits per heavy atom. The molecule has 0 saturated heterocycles. The van der Waals surface area contributed by atoms with Gasteiger partial charge in [-0.05, 0) is 50.1 Å². The van der Waals surface area contributed by atoms with Gasteiger partial charge in [0.2, 0.25) is 21.8 Å². The molecule has 0 heterocycles. The molecule has 34 heavy (non-hydrogen) atoms. The maximum Gasteiger partial charge on any atom is 0.244 e. The van der Waals surface area contributed by atoms with E-state index in [9.17, 15) is 18.0 Å². The molecule has 0 bridgehead atoms. The zero-order chi connectivity index (χ0) is 25.6. The summed E-state index contributed by atoms with van der Waals surface area (Å²) in [6.45, 7) is 5.00. The number of carbonyl (C=O) groups excluding carboxylic acids is 2. The van der Waals surface area contributed by atoms with Gasteiger partial charge in [-0.2, -0.15) is 0 Å². The Kier molecular flexibility index (Phi) is 10.2. The number of hydrogen-bond donors (Lipinski definition) is 1. The highest BCUT2D eigenvalue weighted by atomic mass is 79.9. The molecule has 0 aliphatic carbocycles. The fraction of sp³-hybridized carbons (Fsp3) is 0.391. The number of nitrogens with one attached hydrogen (secondary N) is 1. The fourth-order valence-corrected chi connectivity index (χ4v) is 4.68. The quantitative estimate of drug-likeness (QED) is 0.427. The normalized spacial score (nSPS) is 13.1. The molecular formula is C23H28BrCl2N3O4S. The van der Waals surface area contributed by atoms with Gasteiger partial charge >= 0.3 is 0 Å². The van der Waals surface area contributed by atoms with E-state index in [4.69, 9.17) is 23.2 Å². The highest BCUT2D eigenvalue weighted by molar-refractivity contribution is 9.10. The van der Waals surface area contributed by atoms with Crippen molar-refractivity contribution in [2.45, 2.75) is 45.8 Å². The van der Waals surface area contributed by atoms with Crippen LogP contribution in [0.1, 0.15) is 32.8 Å².